The summed E-state index contributed by atoms with van der Waals surface area (Å²) in [5, 5.41) is 7.60. The lowest BCUT2D eigenvalue weighted by atomic mass is 9.87. The number of nitrogens with zero attached hydrogens (tertiary/aromatic N) is 3. The molecule has 1 aliphatic rings. The highest BCUT2D eigenvalue weighted by atomic mass is 16.1. The van der Waals surface area contributed by atoms with Gasteiger partial charge in [0.25, 0.3) is 0 Å². The van der Waals surface area contributed by atoms with Gasteiger partial charge in [-0.25, -0.2) is 9.67 Å². The number of nitrogens with one attached hydrogen (secondary N) is 1. The number of carbonyl (C=O) groups is 1. The number of carbonyl (C=O) groups excluding carboxylic acids is 1. The molecule has 1 fully saturated rings. The third-order valence-electron chi connectivity index (χ3n) is 3.93. The van der Waals surface area contributed by atoms with E-state index >= 15 is 0 Å². The zero-order valence-electron chi connectivity index (χ0n) is 12.1. The lowest BCUT2D eigenvalue weighted by molar-refractivity contribution is -0.124. The summed E-state index contributed by atoms with van der Waals surface area (Å²) in [6, 6.07) is 0. The highest BCUT2D eigenvalue weighted by molar-refractivity contribution is 5.90. The number of ketones is 1. The van der Waals surface area contributed by atoms with Crippen molar-refractivity contribution in [2.24, 2.45) is 5.92 Å². The van der Waals surface area contributed by atoms with E-state index in [1.165, 1.54) is 0 Å². The Bertz CT molecular complexity index is 432. The van der Waals surface area contributed by atoms with E-state index in [0.29, 0.717) is 12.3 Å². The molecule has 0 saturated carbocycles. The average molecular weight is 264 g/mol. The van der Waals surface area contributed by atoms with Gasteiger partial charge >= 0.3 is 0 Å². The topological polar surface area (TPSA) is 59.8 Å². The monoisotopic (exact) mass is 264 g/mol. The van der Waals surface area contributed by atoms with Crippen LogP contribution in [-0.4, -0.2) is 32.6 Å². The number of hydrogen-bond donors (Lipinski definition) is 1. The first-order valence-corrected chi connectivity index (χ1v) is 7.22. The Hall–Kier alpha value is -1.23. The van der Waals surface area contributed by atoms with Crippen molar-refractivity contribution in [2.45, 2.75) is 58.5 Å². The summed E-state index contributed by atoms with van der Waals surface area (Å²) in [5.74, 6) is 1.55. The van der Waals surface area contributed by atoms with Crippen molar-refractivity contribution in [3.63, 3.8) is 0 Å². The van der Waals surface area contributed by atoms with Crippen LogP contribution in [0.5, 0.6) is 0 Å². The molecular formula is C14H24N4O. The smallest absolute Gasteiger partial charge is 0.160 e. The van der Waals surface area contributed by atoms with E-state index in [9.17, 15) is 4.79 Å². The van der Waals surface area contributed by atoms with E-state index in [1.54, 1.807) is 6.33 Å². The van der Waals surface area contributed by atoms with Crippen molar-refractivity contribution in [3.8, 4) is 0 Å². The van der Waals surface area contributed by atoms with E-state index in [0.717, 1.165) is 38.2 Å². The average Bonchev–Trinajstić information content (AvgIpc) is 2.99. The van der Waals surface area contributed by atoms with Crippen molar-refractivity contribution < 1.29 is 4.79 Å². The lowest BCUT2D eigenvalue weighted by Crippen LogP contribution is -2.48. The van der Waals surface area contributed by atoms with Crippen LogP contribution in [0.1, 0.15) is 45.9 Å². The molecule has 2 rings (SSSR count). The van der Waals surface area contributed by atoms with Crippen LogP contribution in [0.4, 0.5) is 0 Å². The Balaban J connectivity index is 2.08. The molecule has 0 bridgehead atoms. The molecule has 1 aromatic rings. The van der Waals surface area contributed by atoms with Gasteiger partial charge in [0.2, 0.25) is 0 Å². The van der Waals surface area contributed by atoms with Gasteiger partial charge in [0.1, 0.15) is 12.2 Å². The van der Waals surface area contributed by atoms with Crippen LogP contribution in [0.2, 0.25) is 0 Å². The van der Waals surface area contributed by atoms with Gasteiger partial charge in [-0.3, -0.25) is 4.79 Å². The molecule has 0 aliphatic carbocycles. The van der Waals surface area contributed by atoms with E-state index in [2.05, 4.69) is 36.2 Å². The number of rotatable bonds is 6. The van der Waals surface area contributed by atoms with Crippen LogP contribution in [0.25, 0.3) is 0 Å². The maximum atomic E-state index is 12.6. The molecule has 1 aromatic heterocycles. The molecule has 5 heteroatoms. The second kappa shape index (κ2) is 5.82. The molecular weight excluding hydrogens is 240 g/mol. The van der Waals surface area contributed by atoms with Crippen molar-refractivity contribution in [2.75, 3.05) is 6.54 Å². The van der Waals surface area contributed by atoms with Gasteiger partial charge in [-0.2, -0.15) is 5.10 Å². The first-order valence-electron chi connectivity index (χ1n) is 7.22. The Morgan fingerprint density at radius 1 is 1.58 bits per heavy atom. The molecule has 0 amide bonds. The summed E-state index contributed by atoms with van der Waals surface area (Å²) < 4.78 is 1.86. The largest absolute Gasteiger partial charge is 0.305 e. The third-order valence-corrected chi connectivity index (χ3v) is 3.93. The summed E-state index contributed by atoms with van der Waals surface area (Å²) in [7, 11) is 0. The van der Waals surface area contributed by atoms with Gasteiger partial charge in [-0.05, 0) is 31.7 Å². The quantitative estimate of drug-likeness (QED) is 0.847. The lowest BCUT2D eigenvalue weighted by Gasteiger charge is -2.26. The summed E-state index contributed by atoms with van der Waals surface area (Å²) in [4.78, 5) is 16.8. The highest BCUT2D eigenvalue weighted by Gasteiger charge is 2.39. The Morgan fingerprint density at radius 3 is 2.95 bits per heavy atom. The highest BCUT2D eigenvalue weighted by Crippen LogP contribution is 2.25. The van der Waals surface area contributed by atoms with Gasteiger partial charge in [-0.1, -0.05) is 20.8 Å². The minimum atomic E-state index is -0.325. The molecule has 5 nitrogen and oxygen atoms in total. The second-order valence-corrected chi connectivity index (χ2v) is 5.82. The molecule has 1 atom stereocenters. The maximum absolute atomic E-state index is 12.6. The predicted octanol–water partition coefficient (Wildman–Crippen LogP) is 1.58. The SMILES string of the molecule is CCC1(C(=O)Cc2ncnn2CC(C)C)CCCN1. The van der Waals surface area contributed by atoms with E-state index in [1.807, 2.05) is 4.68 Å². The summed E-state index contributed by atoms with van der Waals surface area (Å²) in [6.07, 6.45) is 4.81. The third kappa shape index (κ3) is 3.03. The molecule has 1 saturated heterocycles. The zero-order valence-corrected chi connectivity index (χ0v) is 12.1. The number of Topliss-reactive ketones (excluding diaryl/α,β-unsaturated/α-hetero) is 1. The van der Waals surface area contributed by atoms with E-state index < -0.39 is 0 Å². The summed E-state index contributed by atoms with van der Waals surface area (Å²) in [5.41, 5.74) is -0.325. The van der Waals surface area contributed by atoms with Crippen LogP contribution in [0, 0.1) is 5.92 Å². The first kappa shape index (κ1) is 14.2. The van der Waals surface area contributed by atoms with Gasteiger partial charge in [0, 0.05) is 6.54 Å². The summed E-state index contributed by atoms with van der Waals surface area (Å²) >= 11 is 0. The van der Waals surface area contributed by atoms with Gasteiger partial charge in [-0.15, -0.1) is 0 Å². The van der Waals surface area contributed by atoms with E-state index in [-0.39, 0.29) is 11.3 Å². The Kier molecular flexibility index (Phi) is 4.34. The van der Waals surface area contributed by atoms with Crippen molar-refractivity contribution in [1.29, 1.82) is 0 Å². The van der Waals surface area contributed by atoms with Crippen LogP contribution < -0.4 is 5.32 Å². The fourth-order valence-corrected chi connectivity index (χ4v) is 2.78. The Morgan fingerprint density at radius 2 is 2.37 bits per heavy atom. The van der Waals surface area contributed by atoms with Crippen LogP contribution in [-0.2, 0) is 17.8 Å². The number of aromatic nitrogens is 3. The normalized spacial score (nSPS) is 23.2. The summed E-state index contributed by atoms with van der Waals surface area (Å²) in [6.45, 7) is 8.11. The molecule has 1 unspecified atom stereocenters. The molecule has 19 heavy (non-hydrogen) atoms. The van der Waals surface area contributed by atoms with Crippen molar-refractivity contribution in [1.82, 2.24) is 20.1 Å². The minimum absolute atomic E-state index is 0.255. The van der Waals surface area contributed by atoms with Crippen LogP contribution in [0.15, 0.2) is 6.33 Å². The van der Waals surface area contributed by atoms with Gasteiger partial charge < -0.3 is 5.32 Å². The van der Waals surface area contributed by atoms with Crippen molar-refractivity contribution in [3.05, 3.63) is 12.2 Å². The zero-order chi connectivity index (χ0) is 13.9. The standard InChI is InChI=1S/C14H24N4O/c1-4-14(6-5-7-16-14)12(19)8-13-15-10-17-18(13)9-11(2)3/h10-11,16H,4-9H2,1-3H3. The molecule has 2 heterocycles. The molecule has 0 radical (unpaired) electrons. The fraction of sp³-hybridized carbons (Fsp3) is 0.786. The van der Waals surface area contributed by atoms with Crippen molar-refractivity contribution >= 4 is 5.78 Å². The maximum Gasteiger partial charge on any atom is 0.160 e. The number of hydrogen-bond acceptors (Lipinski definition) is 4. The minimum Gasteiger partial charge on any atom is -0.305 e. The molecule has 0 aromatic carbocycles. The fourth-order valence-electron chi connectivity index (χ4n) is 2.78. The molecule has 106 valence electrons. The Labute approximate surface area is 114 Å². The van der Waals surface area contributed by atoms with Gasteiger partial charge in [0.15, 0.2) is 5.78 Å². The van der Waals surface area contributed by atoms with Crippen LogP contribution >= 0.6 is 0 Å². The molecule has 1 aliphatic heterocycles. The molecule has 1 N–H and O–H groups in total. The van der Waals surface area contributed by atoms with E-state index in [4.69, 9.17) is 0 Å². The van der Waals surface area contributed by atoms with Gasteiger partial charge in [0.05, 0.1) is 12.0 Å². The second-order valence-electron chi connectivity index (χ2n) is 5.82. The predicted molar refractivity (Wildman–Crippen MR) is 73.8 cm³/mol. The first-order chi connectivity index (χ1) is 9.07. The van der Waals surface area contributed by atoms with Crippen LogP contribution in [0.3, 0.4) is 0 Å². The molecule has 0 spiro atoms.